The number of rotatable bonds is 4. The van der Waals surface area contributed by atoms with Gasteiger partial charge in [-0.15, -0.1) is 0 Å². The molecule has 1 N–H and O–H groups in total. The predicted molar refractivity (Wildman–Crippen MR) is 60.1 cm³/mol. The Labute approximate surface area is 99.0 Å². The molecule has 0 spiro atoms. The van der Waals surface area contributed by atoms with E-state index in [0.717, 1.165) is 0 Å². The summed E-state index contributed by atoms with van der Waals surface area (Å²) in [5, 5.41) is 11.1. The highest BCUT2D eigenvalue weighted by atomic mass is 19.1. The summed E-state index contributed by atoms with van der Waals surface area (Å²) in [6.07, 6.45) is 0.226. The van der Waals surface area contributed by atoms with Crippen molar-refractivity contribution < 1.29 is 13.9 Å². The Morgan fingerprint density at radius 1 is 1.65 bits per heavy atom. The summed E-state index contributed by atoms with van der Waals surface area (Å²) in [5.74, 6) is -0.856. The van der Waals surface area contributed by atoms with Crippen molar-refractivity contribution in [3.8, 4) is 11.8 Å². The van der Waals surface area contributed by atoms with Gasteiger partial charge in [0.15, 0.2) is 11.6 Å². The average Bonchev–Trinajstić information content (AvgIpc) is 2.29. The van der Waals surface area contributed by atoms with Crippen LogP contribution in [0.1, 0.15) is 23.7 Å². The molecule has 0 saturated heterocycles. The van der Waals surface area contributed by atoms with Crippen LogP contribution >= 0.6 is 0 Å². The maximum atomic E-state index is 13.1. The smallest absolute Gasteiger partial charge is 0.251 e. The fourth-order valence-electron chi connectivity index (χ4n) is 1.30. The molecule has 17 heavy (non-hydrogen) atoms. The third-order valence-corrected chi connectivity index (χ3v) is 2.19. The van der Waals surface area contributed by atoms with E-state index in [1.165, 1.54) is 25.3 Å². The second-order valence-corrected chi connectivity index (χ2v) is 3.59. The molecule has 5 heteroatoms. The molecule has 0 aliphatic carbocycles. The van der Waals surface area contributed by atoms with Crippen LogP contribution in [0.15, 0.2) is 18.2 Å². The molecule has 0 radical (unpaired) electrons. The number of hydrogen-bond acceptors (Lipinski definition) is 3. The SMILES string of the molecule is COc1cc(C(=O)NC(C)CC#N)ccc1F. The molecule has 0 fully saturated rings. The van der Waals surface area contributed by atoms with Gasteiger partial charge in [0.05, 0.1) is 19.6 Å². The van der Waals surface area contributed by atoms with Crippen molar-refractivity contribution in [1.82, 2.24) is 5.32 Å². The van der Waals surface area contributed by atoms with Gasteiger partial charge in [-0.1, -0.05) is 0 Å². The minimum atomic E-state index is -0.519. The first-order chi connectivity index (χ1) is 8.08. The largest absolute Gasteiger partial charge is 0.494 e. The van der Waals surface area contributed by atoms with Crippen LogP contribution in [-0.2, 0) is 0 Å². The lowest BCUT2D eigenvalue weighted by molar-refractivity contribution is 0.0940. The second kappa shape index (κ2) is 5.85. The first-order valence-corrected chi connectivity index (χ1v) is 5.09. The van der Waals surface area contributed by atoms with Crippen molar-refractivity contribution >= 4 is 5.91 Å². The summed E-state index contributed by atoms with van der Waals surface area (Å²) in [6, 6.07) is 5.57. The first-order valence-electron chi connectivity index (χ1n) is 5.09. The zero-order chi connectivity index (χ0) is 12.8. The molecule has 0 aromatic heterocycles. The van der Waals surface area contributed by atoms with Gasteiger partial charge < -0.3 is 10.1 Å². The number of nitrogens with zero attached hydrogens (tertiary/aromatic N) is 1. The van der Waals surface area contributed by atoms with E-state index in [0.29, 0.717) is 5.56 Å². The van der Waals surface area contributed by atoms with Gasteiger partial charge in [-0.2, -0.15) is 5.26 Å². The number of benzene rings is 1. The van der Waals surface area contributed by atoms with E-state index in [-0.39, 0.29) is 24.1 Å². The maximum Gasteiger partial charge on any atom is 0.251 e. The van der Waals surface area contributed by atoms with Crippen molar-refractivity contribution in [2.75, 3.05) is 7.11 Å². The fraction of sp³-hybridized carbons (Fsp3) is 0.333. The molecule has 0 bridgehead atoms. The van der Waals surface area contributed by atoms with Gasteiger partial charge in [0.2, 0.25) is 0 Å². The summed E-state index contributed by atoms with van der Waals surface area (Å²) in [6.45, 7) is 1.72. The Bertz CT molecular complexity index is 454. The molecule has 0 saturated carbocycles. The molecule has 1 atom stereocenters. The van der Waals surface area contributed by atoms with Gasteiger partial charge in [0.25, 0.3) is 5.91 Å². The second-order valence-electron chi connectivity index (χ2n) is 3.59. The number of ether oxygens (including phenoxy) is 1. The molecule has 4 nitrogen and oxygen atoms in total. The quantitative estimate of drug-likeness (QED) is 0.868. The fourth-order valence-corrected chi connectivity index (χ4v) is 1.30. The van der Waals surface area contributed by atoms with E-state index in [4.69, 9.17) is 10.00 Å². The Morgan fingerprint density at radius 2 is 2.35 bits per heavy atom. The third-order valence-electron chi connectivity index (χ3n) is 2.19. The molecule has 90 valence electrons. The van der Waals surface area contributed by atoms with Gasteiger partial charge in [-0.05, 0) is 25.1 Å². The number of nitriles is 1. The molecule has 0 aliphatic rings. The summed E-state index contributed by atoms with van der Waals surface area (Å²) < 4.78 is 17.9. The van der Waals surface area contributed by atoms with E-state index in [2.05, 4.69) is 5.32 Å². The van der Waals surface area contributed by atoms with E-state index in [1.807, 2.05) is 6.07 Å². The van der Waals surface area contributed by atoms with Crippen LogP contribution in [0.25, 0.3) is 0 Å². The molecular weight excluding hydrogens is 223 g/mol. The molecular formula is C12H13FN2O2. The average molecular weight is 236 g/mol. The van der Waals surface area contributed by atoms with Crippen LogP contribution in [-0.4, -0.2) is 19.1 Å². The number of carbonyl (C=O) groups is 1. The number of carbonyl (C=O) groups excluding carboxylic acids is 1. The molecule has 1 aromatic carbocycles. The minimum Gasteiger partial charge on any atom is -0.494 e. The lowest BCUT2D eigenvalue weighted by Gasteiger charge is -2.11. The van der Waals surface area contributed by atoms with E-state index in [9.17, 15) is 9.18 Å². The lowest BCUT2D eigenvalue weighted by atomic mass is 10.1. The van der Waals surface area contributed by atoms with Crippen LogP contribution in [0, 0.1) is 17.1 Å². The molecule has 1 aromatic rings. The Hall–Kier alpha value is -2.09. The molecule has 0 heterocycles. The van der Waals surface area contributed by atoms with E-state index >= 15 is 0 Å². The third kappa shape index (κ3) is 3.45. The Balaban J connectivity index is 2.79. The van der Waals surface area contributed by atoms with Crippen LogP contribution < -0.4 is 10.1 Å². The molecule has 1 unspecified atom stereocenters. The highest BCUT2D eigenvalue weighted by Crippen LogP contribution is 2.18. The first kappa shape index (κ1) is 13.0. The van der Waals surface area contributed by atoms with Crippen molar-refractivity contribution in [2.24, 2.45) is 0 Å². The molecule has 1 amide bonds. The summed E-state index contributed by atoms with van der Waals surface area (Å²) in [5.41, 5.74) is 0.299. The maximum absolute atomic E-state index is 13.1. The Kier molecular flexibility index (Phi) is 4.46. The van der Waals surface area contributed by atoms with Crippen molar-refractivity contribution in [2.45, 2.75) is 19.4 Å². The topological polar surface area (TPSA) is 62.1 Å². The van der Waals surface area contributed by atoms with Crippen LogP contribution in [0.2, 0.25) is 0 Å². The van der Waals surface area contributed by atoms with Crippen LogP contribution in [0.3, 0.4) is 0 Å². The van der Waals surface area contributed by atoms with Gasteiger partial charge >= 0.3 is 0 Å². The minimum absolute atomic E-state index is 0.0191. The van der Waals surface area contributed by atoms with E-state index in [1.54, 1.807) is 6.92 Å². The summed E-state index contributed by atoms with van der Waals surface area (Å²) in [7, 11) is 1.33. The lowest BCUT2D eigenvalue weighted by Crippen LogP contribution is -2.32. The van der Waals surface area contributed by atoms with Gasteiger partial charge in [-0.25, -0.2) is 4.39 Å². The number of methoxy groups -OCH3 is 1. The predicted octanol–water partition coefficient (Wildman–Crippen LogP) is 1.87. The van der Waals surface area contributed by atoms with Crippen LogP contribution in [0.5, 0.6) is 5.75 Å². The standard InChI is InChI=1S/C12H13FN2O2/c1-8(5-6-14)15-12(16)9-3-4-10(13)11(7-9)17-2/h3-4,7-8H,5H2,1-2H3,(H,15,16). The Morgan fingerprint density at radius 3 is 2.94 bits per heavy atom. The van der Waals surface area contributed by atoms with Crippen molar-refractivity contribution in [3.05, 3.63) is 29.6 Å². The zero-order valence-corrected chi connectivity index (χ0v) is 9.66. The van der Waals surface area contributed by atoms with E-state index < -0.39 is 5.82 Å². The zero-order valence-electron chi connectivity index (χ0n) is 9.66. The van der Waals surface area contributed by atoms with Gasteiger partial charge in [0, 0.05) is 11.6 Å². The highest BCUT2D eigenvalue weighted by molar-refractivity contribution is 5.94. The van der Waals surface area contributed by atoms with Crippen molar-refractivity contribution in [3.63, 3.8) is 0 Å². The normalized spacial score (nSPS) is 11.4. The molecule has 1 rings (SSSR count). The number of hydrogen-bond donors (Lipinski definition) is 1. The number of amides is 1. The monoisotopic (exact) mass is 236 g/mol. The number of nitrogens with one attached hydrogen (secondary N) is 1. The molecule has 0 aliphatic heterocycles. The summed E-state index contributed by atoms with van der Waals surface area (Å²) in [4.78, 5) is 11.7. The number of halogens is 1. The van der Waals surface area contributed by atoms with Crippen LogP contribution in [0.4, 0.5) is 4.39 Å². The van der Waals surface area contributed by atoms with Crippen molar-refractivity contribution in [1.29, 1.82) is 5.26 Å². The highest BCUT2D eigenvalue weighted by Gasteiger charge is 2.12. The summed E-state index contributed by atoms with van der Waals surface area (Å²) >= 11 is 0. The van der Waals surface area contributed by atoms with Gasteiger partial charge in [0.1, 0.15) is 0 Å². The van der Waals surface area contributed by atoms with Gasteiger partial charge in [-0.3, -0.25) is 4.79 Å².